The molecule has 4 rings (SSSR count). The molecule has 1 saturated heterocycles. The minimum absolute atomic E-state index is 0. The van der Waals surface area contributed by atoms with Crippen LogP contribution >= 0.6 is 12.4 Å². The SMILES string of the molecule is CCc1nc(N2CCCCC2)c2[nH]c(-c3ccccc3)cc2n1.Cl.O. The normalized spacial score (nSPS) is 14.0. The summed E-state index contributed by atoms with van der Waals surface area (Å²) >= 11 is 0. The lowest BCUT2D eigenvalue weighted by Gasteiger charge is -2.28. The molecule has 1 aromatic carbocycles. The van der Waals surface area contributed by atoms with E-state index in [0.29, 0.717) is 0 Å². The van der Waals surface area contributed by atoms with Crippen molar-refractivity contribution in [2.45, 2.75) is 32.6 Å². The first-order valence-corrected chi connectivity index (χ1v) is 8.55. The summed E-state index contributed by atoms with van der Waals surface area (Å²) in [5.41, 5.74) is 4.40. The zero-order valence-electron chi connectivity index (χ0n) is 14.5. The first-order chi connectivity index (χ1) is 11.3. The molecule has 3 aromatic rings. The standard InChI is InChI=1S/C19H22N4.ClH.H2O/c1-2-17-20-16-13-15(14-9-5-3-6-10-14)21-18(16)19(22-17)23-11-7-4-8-12-23;;/h3,5-6,9-10,13,21H,2,4,7-8,11-12H2,1H3;1H;1H2. The van der Waals surface area contributed by atoms with E-state index in [-0.39, 0.29) is 17.9 Å². The van der Waals surface area contributed by atoms with Gasteiger partial charge in [-0.1, -0.05) is 37.3 Å². The molecule has 1 aliphatic heterocycles. The number of rotatable bonds is 3. The highest BCUT2D eigenvalue weighted by Crippen LogP contribution is 2.30. The molecule has 1 fully saturated rings. The van der Waals surface area contributed by atoms with Crippen molar-refractivity contribution in [3.63, 3.8) is 0 Å². The van der Waals surface area contributed by atoms with Gasteiger partial charge >= 0.3 is 0 Å². The molecular formula is C19H25ClN4O. The minimum atomic E-state index is 0. The van der Waals surface area contributed by atoms with E-state index in [1.54, 1.807) is 0 Å². The highest BCUT2D eigenvalue weighted by molar-refractivity contribution is 5.90. The van der Waals surface area contributed by atoms with Gasteiger partial charge in [-0.05, 0) is 30.9 Å². The molecule has 0 radical (unpaired) electrons. The van der Waals surface area contributed by atoms with Crippen LogP contribution in [0.3, 0.4) is 0 Å². The lowest BCUT2D eigenvalue weighted by atomic mass is 10.1. The number of anilines is 1. The van der Waals surface area contributed by atoms with E-state index in [0.717, 1.165) is 47.9 Å². The third kappa shape index (κ3) is 3.78. The van der Waals surface area contributed by atoms with Crippen LogP contribution < -0.4 is 4.90 Å². The predicted octanol–water partition coefficient (Wildman–Crippen LogP) is 3.77. The Labute approximate surface area is 154 Å². The number of nitrogens with one attached hydrogen (secondary N) is 1. The Hall–Kier alpha value is -2.11. The van der Waals surface area contributed by atoms with Crippen LogP contribution in [0.5, 0.6) is 0 Å². The maximum absolute atomic E-state index is 4.83. The molecule has 1 aliphatic rings. The number of fused-ring (bicyclic) bond motifs is 1. The van der Waals surface area contributed by atoms with Gasteiger partial charge in [0.15, 0.2) is 5.82 Å². The molecule has 2 aromatic heterocycles. The number of halogens is 1. The number of benzene rings is 1. The second-order valence-corrected chi connectivity index (χ2v) is 6.17. The van der Waals surface area contributed by atoms with Crippen molar-refractivity contribution >= 4 is 29.3 Å². The van der Waals surface area contributed by atoms with Crippen LogP contribution in [0.4, 0.5) is 5.82 Å². The van der Waals surface area contributed by atoms with Crippen LogP contribution in [0.2, 0.25) is 0 Å². The predicted molar refractivity (Wildman–Crippen MR) is 106 cm³/mol. The topological polar surface area (TPSA) is 76.3 Å². The van der Waals surface area contributed by atoms with Gasteiger partial charge in [0.25, 0.3) is 0 Å². The van der Waals surface area contributed by atoms with Crippen LogP contribution in [0.25, 0.3) is 22.3 Å². The quantitative estimate of drug-likeness (QED) is 0.772. The third-order valence-corrected chi connectivity index (χ3v) is 4.56. The Morgan fingerprint density at radius 3 is 2.44 bits per heavy atom. The van der Waals surface area contributed by atoms with Crippen molar-refractivity contribution in [3.05, 3.63) is 42.2 Å². The molecule has 0 atom stereocenters. The first-order valence-electron chi connectivity index (χ1n) is 8.55. The molecule has 134 valence electrons. The molecule has 0 bridgehead atoms. The average Bonchev–Trinajstić information content (AvgIpc) is 3.06. The van der Waals surface area contributed by atoms with E-state index in [2.05, 4.69) is 47.1 Å². The number of aromatic nitrogens is 3. The maximum atomic E-state index is 4.83. The summed E-state index contributed by atoms with van der Waals surface area (Å²) in [6.07, 6.45) is 4.69. The number of aryl methyl sites for hydroxylation is 1. The lowest BCUT2D eigenvalue weighted by Crippen LogP contribution is -2.30. The van der Waals surface area contributed by atoms with Crippen LogP contribution in [0.15, 0.2) is 36.4 Å². The summed E-state index contributed by atoms with van der Waals surface area (Å²) < 4.78 is 0. The summed E-state index contributed by atoms with van der Waals surface area (Å²) in [6, 6.07) is 12.6. The van der Waals surface area contributed by atoms with Gasteiger partial charge in [0, 0.05) is 25.2 Å². The molecule has 5 nitrogen and oxygen atoms in total. The van der Waals surface area contributed by atoms with Gasteiger partial charge in [-0.3, -0.25) is 0 Å². The zero-order chi connectivity index (χ0) is 15.6. The van der Waals surface area contributed by atoms with Crippen molar-refractivity contribution in [2.75, 3.05) is 18.0 Å². The van der Waals surface area contributed by atoms with E-state index in [4.69, 9.17) is 9.97 Å². The fourth-order valence-electron chi connectivity index (χ4n) is 3.31. The van der Waals surface area contributed by atoms with E-state index < -0.39 is 0 Å². The second-order valence-electron chi connectivity index (χ2n) is 6.17. The second kappa shape index (κ2) is 8.32. The molecule has 0 spiro atoms. The number of hydrogen-bond acceptors (Lipinski definition) is 3. The smallest absolute Gasteiger partial charge is 0.156 e. The van der Waals surface area contributed by atoms with Crippen molar-refractivity contribution in [2.24, 2.45) is 0 Å². The Morgan fingerprint density at radius 1 is 1.04 bits per heavy atom. The highest BCUT2D eigenvalue weighted by atomic mass is 35.5. The highest BCUT2D eigenvalue weighted by Gasteiger charge is 2.18. The van der Waals surface area contributed by atoms with Crippen LogP contribution in [0, 0.1) is 0 Å². The van der Waals surface area contributed by atoms with Gasteiger partial charge in [0.05, 0.1) is 5.52 Å². The molecule has 0 unspecified atom stereocenters. The Bertz CT molecular complexity index is 813. The number of piperidine rings is 1. The molecule has 0 aliphatic carbocycles. The zero-order valence-corrected chi connectivity index (χ0v) is 15.3. The maximum Gasteiger partial charge on any atom is 0.156 e. The van der Waals surface area contributed by atoms with E-state index in [1.165, 1.54) is 24.8 Å². The monoisotopic (exact) mass is 360 g/mol. The average molecular weight is 361 g/mol. The Balaban J connectivity index is 0.00000113. The van der Waals surface area contributed by atoms with Crippen molar-refractivity contribution in [1.29, 1.82) is 0 Å². The summed E-state index contributed by atoms with van der Waals surface area (Å²) in [5, 5.41) is 0. The summed E-state index contributed by atoms with van der Waals surface area (Å²) in [7, 11) is 0. The van der Waals surface area contributed by atoms with Crippen molar-refractivity contribution in [3.8, 4) is 11.3 Å². The van der Waals surface area contributed by atoms with Crippen LogP contribution in [-0.4, -0.2) is 33.5 Å². The summed E-state index contributed by atoms with van der Waals surface area (Å²) in [5.74, 6) is 2.01. The molecule has 0 amide bonds. The summed E-state index contributed by atoms with van der Waals surface area (Å²) in [4.78, 5) is 15.5. The van der Waals surface area contributed by atoms with Crippen LogP contribution in [0.1, 0.15) is 32.0 Å². The van der Waals surface area contributed by atoms with Crippen molar-refractivity contribution < 1.29 is 5.48 Å². The fraction of sp³-hybridized carbons (Fsp3) is 0.368. The molecule has 3 heterocycles. The molecular weight excluding hydrogens is 336 g/mol. The van der Waals surface area contributed by atoms with Gasteiger partial charge in [-0.2, -0.15) is 0 Å². The number of aromatic amines is 1. The minimum Gasteiger partial charge on any atom is -0.412 e. The number of H-pyrrole nitrogens is 1. The summed E-state index contributed by atoms with van der Waals surface area (Å²) in [6.45, 7) is 4.30. The largest absolute Gasteiger partial charge is 0.412 e. The van der Waals surface area contributed by atoms with Crippen molar-refractivity contribution in [1.82, 2.24) is 15.0 Å². The number of nitrogens with zero attached hydrogens (tertiary/aromatic N) is 3. The Kier molecular flexibility index (Phi) is 6.39. The third-order valence-electron chi connectivity index (χ3n) is 4.56. The Morgan fingerprint density at radius 2 is 1.76 bits per heavy atom. The van der Waals surface area contributed by atoms with Gasteiger partial charge in [0.2, 0.25) is 0 Å². The molecule has 0 saturated carbocycles. The molecule has 25 heavy (non-hydrogen) atoms. The number of hydrogen-bond donors (Lipinski definition) is 1. The molecule has 3 N–H and O–H groups in total. The first kappa shape index (κ1) is 19.2. The fourth-order valence-corrected chi connectivity index (χ4v) is 3.31. The van der Waals surface area contributed by atoms with Gasteiger partial charge in [0.1, 0.15) is 11.3 Å². The lowest BCUT2D eigenvalue weighted by molar-refractivity contribution is 0.573. The van der Waals surface area contributed by atoms with Gasteiger partial charge in [-0.25, -0.2) is 9.97 Å². The van der Waals surface area contributed by atoms with Crippen LogP contribution in [-0.2, 0) is 6.42 Å². The van der Waals surface area contributed by atoms with Gasteiger partial charge in [-0.15, -0.1) is 12.4 Å². The van der Waals surface area contributed by atoms with E-state index in [9.17, 15) is 0 Å². The van der Waals surface area contributed by atoms with E-state index >= 15 is 0 Å². The van der Waals surface area contributed by atoms with Gasteiger partial charge < -0.3 is 15.4 Å². The van der Waals surface area contributed by atoms with E-state index in [1.807, 2.05) is 6.07 Å². The molecule has 6 heteroatoms.